The van der Waals surface area contributed by atoms with E-state index in [1.54, 1.807) is 6.08 Å². The van der Waals surface area contributed by atoms with Crippen LogP contribution in [-0.2, 0) is 47.5 Å². The van der Waals surface area contributed by atoms with E-state index in [2.05, 4.69) is 24.5 Å². The smallest absolute Gasteiger partial charge is 0.364 e. The van der Waals surface area contributed by atoms with Crippen molar-refractivity contribution in [3.05, 3.63) is 12.2 Å². The zero-order chi connectivity index (χ0) is 70.0. The van der Waals surface area contributed by atoms with Gasteiger partial charge in [0.2, 0.25) is 5.91 Å². The second-order valence-electron chi connectivity index (χ2n) is 26.7. The summed E-state index contributed by atoms with van der Waals surface area (Å²) in [5.74, 6) is -7.06. The summed E-state index contributed by atoms with van der Waals surface area (Å²) in [6.45, 7) is 0.687. The summed E-state index contributed by atoms with van der Waals surface area (Å²) in [6, 6.07) is -1.68. The molecule has 20 unspecified atom stereocenters. The molecule has 3 fully saturated rings. The van der Waals surface area contributed by atoms with Gasteiger partial charge in [-0.15, -0.1) is 0 Å². The van der Waals surface area contributed by atoms with Gasteiger partial charge in [0.25, 0.3) is 11.7 Å². The first-order chi connectivity index (χ1) is 45.7. The number of aliphatic hydroxyl groups is 13. The quantitative estimate of drug-likeness (QED) is 0.0225. The van der Waals surface area contributed by atoms with Gasteiger partial charge in [0, 0.05) is 13.5 Å². The number of carboxylic acids is 1. The Balaban J connectivity index is 1.67. The van der Waals surface area contributed by atoms with Gasteiger partial charge in [0.1, 0.15) is 86.0 Å². The second-order valence-corrected chi connectivity index (χ2v) is 26.7. The molecule has 0 aromatic heterocycles. The summed E-state index contributed by atoms with van der Waals surface area (Å²) in [7, 11) is 1.18. The van der Waals surface area contributed by atoms with Crippen LogP contribution in [0.15, 0.2) is 12.2 Å². The maximum atomic E-state index is 13.7. The zero-order valence-electron chi connectivity index (χ0n) is 57.5. The molecule has 26 nitrogen and oxygen atoms in total. The number of carbonyl (C=O) groups excluding carboxylic acids is 2. The SMILES string of the molecule is CCCCCCCCCCCCCCCC=CCC(O)C(O)C(NC(=O)C(O)CCCCCCCCCCCCCCCCCCCCCC)OC1OC(CO)C(OC2OC(CO)C(O)C(OC3(C(=O)O)CC(O)C(NC(=O)COC)C(C(O)C(O)CO)O3)C2O)C(O)C1O. The van der Waals surface area contributed by atoms with E-state index in [0.717, 1.165) is 64.2 Å². The Bertz CT molecular complexity index is 2000. The molecule has 16 N–H and O–H groups in total. The molecule has 3 saturated heterocycles. The maximum Gasteiger partial charge on any atom is 0.364 e. The Hall–Kier alpha value is -2.65. The molecule has 20 atom stereocenters. The average molecular weight is 1370 g/mol. The Kier molecular flexibility index (Phi) is 46.1. The highest BCUT2D eigenvalue weighted by Crippen LogP contribution is 2.39. The van der Waals surface area contributed by atoms with Crippen molar-refractivity contribution in [3.63, 3.8) is 0 Å². The van der Waals surface area contributed by atoms with Gasteiger partial charge in [-0.1, -0.05) is 231 Å². The van der Waals surface area contributed by atoms with Gasteiger partial charge in [-0.2, -0.15) is 0 Å². The van der Waals surface area contributed by atoms with Crippen LogP contribution < -0.4 is 10.6 Å². The number of unbranched alkanes of at least 4 members (excludes halogenated alkanes) is 32. The van der Waals surface area contributed by atoms with Gasteiger partial charge >= 0.3 is 5.97 Å². The molecule has 2 amide bonds. The molecule has 3 heterocycles. The summed E-state index contributed by atoms with van der Waals surface area (Å²) < 4.78 is 39.5. The number of allylic oxidation sites excluding steroid dienone is 1. The van der Waals surface area contributed by atoms with Crippen molar-refractivity contribution in [1.82, 2.24) is 10.6 Å². The Morgan fingerprint density at radius 3 is 1.51 bits per heavy atom. The number of nitrogens with one attached hydrogen (secondary N) is 2. The number of rotatable bonds is 56. The topological polar surface area (TPSA) is 423 Å². The number of carbonyl (C=O) groups is 3. The lowest BCUT2D eigenvalue weighted by molar-refractivity contribution is -0.388. The first-order valence-corrected chi connectivity index (χ1v) is 36.3. The van der Waals surface area contributed by atoms with Gasteiger partial charge < -0.3 is 115 Å². The molecule has 3 aliphatic rings. The fourth-order valence-electron chi connectivity index (χ4n) is 12.7. The summed E-state index contributed by atoms with van der Waals surface area (Å²) in [5, 5.41) is 159. The van der Waals surface area contributed by atoms with Crippen LogP contribution in [0.2, 0.25) is 0 Å². The first-order valence-electron chi connectivity index (χ1n) is 36.3. The molecule has 26 heteroatoms. The number of aliphatic carboxylic acids is 1. The van der Waals surface area contributed by atoms with Crippen molar-refractivity contribution >= 4 is 17.8 Å². The molecular formula is C69H128N2O24. The molecule has 0 radical (unpaired) electrons. The molecule has 3 aliphatic heterocycles. The van der Waals surface area contributed by atoms with Crippen molar-refractivity contribution < 1.29 is 119 Å². The predicted octanol–water partition coefficient (Wildman–Crippen LogP) is 4.59. The predicted molar refractivity (Wildman–Crippen MR) is 352 cm³/mol. The first kappa shape index (κ1) is 86.6. The fraction of sp³-hybridized carbons (Fsp3) is 0.928. The third-order valence-corrected chi connectivity index (χ3v) is 18.6. The monoisotopic (exact) mass is 1370 g/mol. The lowest BCUT2D eigenvalue weighted by Crippen LogP contribution is -2.71. The number of hydrogen-bond acceptors (Lipinski definition) is 23. The standard InChI is InChI=1S/C69H128N2O24/c1-4-6-8-10-12-14-16-18-20-22-23-24-25-27-29-31-33-35-37-39-41-48(76)64(86)71-65(56(81)47(75)40-38-36-34-32-30-28-26-21-19-17-15-13-11-9-7-5-2)93-66-59(84)58(83)61(52(45-74)91-66)92-67-60(85)63(57(82)51(44-73)90-67)95-69(68(87)88)42-49(77)54(70-53(79)46-89-3)62(94-69)55(80)50(78)43-72/h36,38,47-52,54-63,65-67,72-78,80-85H,4-35,37,39-46H2,1-3H3,(H,70,79)(H,71,86)(H,87,88). The van der Waals surface area contributed by atoms with Gasteiger partial charge in [0.05, 0.1) is 38.1 Å². The molecule has 0 aromatic rings. The van der Waals surface area contributed by atoms with Crippen LogP contribution in [0.5, 0.6) is 0 Å². The minimum absolute atomic E-state index is 0.0558. The van der Waals surface area contributed by atoms with E-state index in [4.69, 9.17) is 33.2 Å². The van der Waals surface area contributed by atoms with Crippen LogP contribution in [0.1, 0.15) is 251 Å². The average Bonchev–Trinajstić information content (AvgIpc) is 0.757. The fourth-order valence-corrected chi connectivity index (χ4v) is 12.7. The molecule has 0 saturated carbocycles. The van der Waals surface area contributed by atoms with Crippen molar-refractivity contribution in [2.75, 3.05) is 33.5 Å². The van der Waals surface area contributed by atoms with E-state index in [-0.39, 0.29) is 12.8 Å². The summed E-state index contributed by atoms with van der Waals surface area (Å²) in [5.41, 5.74) is 0. The van der Waals surface area contributed by atoms with E-state index in [1.807, 2.05) is 6.08 Å². The van der Waals surface area contributed by atoms with E-state index >= 15 is 0 Å². The van der Waals surface area contributed by atoms with E-state index in [0.29, 0.717) is 6.42 Å². The number of ether oxygens (including phenoxy) is 7. The molecule has 0 aliphatic carbocycles. The molecule has 558 valence electrons. The number of carboxylic acid groups (broad SMARTS) is 1. The van der Waals surface area contributed by atoms with Crippen molar-refractivity contribution in [3.8, 4) is 0 Å². The summed E-state index contributed by atoms with van der Waals surface area (Å²) >= 11 is 0. The molecule has 0 spiro atoms. The third-order valence-electron chi connectivity index (χ3n) is 18.6. The Morgan fingerprint density at radius 2 is 1.04 bits per heavy atom. The number of aliphatic hydroxyl groups excluding tert-OH is 13. The summed E-state index contributed by atoms with van der Waals surface area (Å²) in [4.78, 5) is 39.3. The number of amides is 2. The van der Waals surface area contributed by atoms with Crippen LogP contribution in [0.4, 0.5) is 0 Å². The number of hydrogen-bond donors (Lipinski definition) is 16. The Morgan fingerprint density at radius 1 is 0.568 bits per heavy atom. The normalized spacial score (nSPS) is 28.4. The van der Waals surface area contributed by atoms with Crippen molar-refractivity contribution in [2.45, 2.75) is 374 Å². The van der Waals surface area contributed by atoms with E-state index in [1.165, 1.54) is 155 Å². The minimum Gasteiger partial charge on any atom is -0.477 e. The zero-order valence-corrected chi connectivity index (χ0v) is 57.5. The molecule has 0 bridgehead atoms. The lowest BCUT2D eigenvalue weighted by Gasteiger charge is -2.50. The van der Waals surface area contributed by atoms with Crippen LogP contribution in [0, 0.1) is 0 Å². The Labute approximate surface area is 564 Å². The highest BCUT2D eigenvalue weighted by molar-refractivity contribution is 5.80. The van der Waals surface area contributed by atoms with Gasteiger partial charge in [-0.3, -0.25) is 9.59 Å². The highest BCUT2D eigenvalue weighted by atomic mass is 16.8. The molecule has 3 rings (SSSR count). The van der Waals surface area contributed by atoms with E-state index in [9.17, 15) is 85.9 Å². The second kappa shape index (κ2) is 50.6. The summed E-state index contributed by atoms with van der Waals surface area (Å²) in [6.07, 6.45) is 6.55. The van der Waals surface area contributed by atoms with Gasteiger partial charge in [-0.25, -0.2) is 4.79 Å². The van der Waals surface area contributed by atoms with Gasteiger partial charge in [-0.05, 0) is 25.7 Å². The van der Waals surface area contributed by atoms with Crippen molar-refractivity contribution in [2.24, 2.45) is 0 Å². The maximum absolute atomic E-state index is 13.7. The largest absolute Gasteiger partial charge is 0.477 e. The van der Waals surface area contributed by atoms with Crippen molar-refractivity contribution in [1.29, 1.82) is 0 Å². The molecule has 95 heavy (non-hydrogen) atoms. The van der Waals surface area contributed by atoms with Crippen LogP contribution in [-0.4, -0.2) is 245 Å². The van der Waals surface area contributed by atoms with Crippen LogP contribution in [0.25, 0.3) is 0 Å². The van der Waals surface area contributed by atoms with Crippen LogP contribution in [0.3, 0.4) is 0 Å². The van der Waals surface area contributed by atoms with Crippen LogP contribution >= 0.6 is 0 Å². The lowest BCUT2D eigenvalue weighted by atomic mass is 9.88. The molecule has 0 aromatic carbocycles. The minimum atomic E-state index is -3.16. The number of methoxy groups -OCH3 is 1. The highest BCUT2D eigenvalue weighted by Gasteiger charge is 2.60. The van der Waals surface area contributed by atoms with E-state index < -0.39 is 173 Å². The molecular weight excluding hydrogens is 1240 g/mol. The third kappa shape index (κ3) is 31.8. The van der Waals surface area contributed by atoms with Gasteiger partial charge in [0.15, 0.2) is 18.8 Å².